The molecular weight excluding hydrogens is 316 g/mol. The zero-order valence-electron chi connectivity index (χ0n) is 12.9. The molecule has 1 amide bonds. The summed E-state index contributed by atoms with van der Waals surface area (Å²) < 4.78 is 10.2. The molecule has 0 aliphatic carbocycles. The fourth-order valence-corrected chi connectivity index (χ4v) is 2.61. The standard InChI is InChI=1S/C16H18N2O4S/c1-10-7-12(14(17)13(8-10)21-2)15(19)18-4-5-22-16(20)11-3-6-23-9-11/h3,6-9H,4-5,17H2,1-2H3,(H,18,19). The summed E-state index contributed by atoms with van der Waals surface area (Å²) >= 11 is 1.42. The first kappa shape index (κ1) is 16.8. The summed E-state index contributed by atoms with van der Waals surface area (Å²) in [6.45, 7) is 2.13. The molecule has 1 aromatic carbocycles. The maximum absolute atomic E-state index is 12.2. The number of rotatable bonds is 6. The molecule has 0 aliphatic rings. The molecule has 0 saturated carbocycles. The maximum Gasteiger partial charge on any atom is 0.339 e. The highest BCUT2D eigenvalue weighted by atomic mass is 32.1. The number of thiophene rings is 1. The number of hydrogen-bond acceptors (Lipinski definition) is 6. The van der Waals surface area contributed by atoms with Crippen LogP contribution in [0, 0.1) is 6.92 Å². The Bertz CT molecular complexity index is 698. The Morgan fingerprint density at radius 3 is 2.78 bits per heavy atom. The van der Waals surface area contributed by atoms with Gasteiger partial charge in [-0.3, -0.25) is 4.79 Å². The van der Waals surface area contributed by atoms with E-state index in [2.05, 4.69) is 5.32 Å². The molecule has 1 heterocycles. The Morgan fingerprint density at radius 2 is 2.13 bits per heavy atom. The van der Waals surface area contributed by atoms with Gasteiger partial charge in [0.15, 0.2) is 0 Å². The lowest BCUT2D eigenvalue weighted by atomic mass is 10.1. The van der Waals surface area contributed by atoms with Crippen LogP contribution in [0.1, 0.15) is 26.3 Å². The molecule has 0 bridgehead atoms. The first-order valence-electron chi connectivity index (χ1n) is 6.94. The summed E-state index contributed by atoms with van der Waals surface area (Å²) in [5.41, 5.74) is 7.91. The first-order chi connectivity index (χ1) is 11.0. The van der Waals surface area contributed by atoms with Gasteiger partial charge in [-0.05, 0) is 36.1 Å². The van der Waals surface area contributed by atoms with Crippen molar-refractivity contribution in [2.45, 2.75) is 6.92 Å². The lowest BCUT2D eigenvalue weighted by Gasteiger charge is -2.12. The Morgan fingerprint density at radius 1 is 1.35 bits per heavy atom. The van der Waals surface area contributed by atoms with E-state index in [1.165, 1.54) is 18.4 Å². The number of nitrogen functional groups attached to an aromatic ring is 1. The summed E-state index contributed by atoms with van der Waals surface area (Å²) in [5, 5.41) is 6.18. The molecular formula is C16H18N2O4S. The molecule has 122 valence electrons. The molecule has 0 aliphatic heterocycles. The highest BCUT2D eigenvalue weighted by molar-refractivity contribution is 7.08. The van der Waals surface area contributed by atoms with Gasteiger partial charge in [-0.15, -0.1) is 0 Å². The average molecular weight is 334 g/mol. The van der Waals surface area contributed by atoms with Gasteiger partial charge < -0.3 is 20.5 Å². The molecule has 1 aromatic heterocycles. The molecule has 0 fully saturated rings. The van der Waals surface area contributed by atoms with Crippen molar-refractivity contribution in [3.05, 3.63) is 45.6 Å². The van der Waals surface area contributed by atoms with Gasteiger partial charge in [-0.2, -0.15) is 11.3 Å². The monoisotopic (exact) mass is 334 g/mol. The fraction of sp³-hybridized carbons (Fsp3) is 0.250. The number of benzene rings is 1. The number of aryl methyl sites for hydroxylation is 1. The predicted octanol–water partition coefficient (Wildman–Crippen LogP) is 2.23. The van der Waals surface area contributed by atoms with E-state index in [0.717, 1.165) is 5.56 Å². The third-order valence-corrected chi connectivity index (χ3v) is 3.81. The van der Waals surface area contributed by atoms with Crippen LogP contribution >= 0.6 is 11.3 Å². The summed E-state index contributed by atoms with van der Waals surface area (Å²) in [4.78, 5) is 23.8. The van der Waals surface area contributed by atoms with Crippen LogP contribution in [-0.2, 0) is 4.74 Å². The zero-order chi connectivity index (χ0) is 16.8. The quantitative estimate of drug-likeness (QED) is 0.480. The number of amides is 1. The largest absolute Gasteiger partial charge is 0.495 e. The normalized spacial score (nSPS) is 10.2. The number of ether oxygens (including phenoxy) is 2. The van der Waals surface area contributed by atoms with E-state index < -0.39 is 5.97 Å². The summed E-state index contributed by atoms with van der Waals surface area (Å²) in [6, 6.07) is 5.13. The van der Waals surface area contributed by atoms with Crippen LogP contribution in [0.3, 0.4) is 0 Å². The fourth-order valence-electron chi connectivity index (χ4n) is 1.99. The van der Waals surface area contributed by atoms with Crippen molar-refractivity contribution in [3.8, 4) is 5.75 Å². The summed E-state index contributed by atoms with van der Waals surface area (Å²) in [7, 11) is 1.50. The number of carbonyl (C=O) groups is 2. The van der Waals surface area contributed by atoms with Crippen molar-refractivity contribution in [2.24, 2.45) is 0 Å². The number of hydrogen-bond donors (Lipinski definition) is 2. The van der Waals surface area contributed by atoms with E-state index in [0.29, 0.717) is 16.9 Å². The Labute approximate surface area is 138 Å². The summed E-state index contributed by atoms with van der Waals surface area (Å²) in [6.07, 6.45) is 0. The molecule has 2 aromatic rings. The number of methoxy groups -OCH3 is 1. The molecule has 7 heteroatoms. The Balaban J connectivity index is 1.88. The van der Waals surface area contributed by atoms with Crippen LogP contribution in [0.25, 0.3) is 0 Å². The number of carbonyl (C=O) groups excluding carboxylic acids is 2. The van der Waals surface area contributed by atoms with E-state index in [9.17, 15) is 9.59 Å². The van der Waals surface area contributed by atoms with Crippen molar-refractivity contribution in [1.29, 1.82) is 0 Å². The second kappa shape index (κ2) is 7.64. The number of anilines is 1. The second-order valence-corrected chi connectivity index (χ2v) is 5.61. The van der Waals surface area contributed by atoms with E-state index in [1.54, 1.807) is 29.0 Å². The smallest absolute Gasteiger partial charge is 0.339 e. The van der Waals surface area contributed by atoms with Crippen molar-refractivity contribution in [2.75, 3.05) is 26.0 Å². The van der Waals surface area contributed by atoms with Crippen LogP contribution in [-0.4, -0.2) is 32.1 Å². The van der Waals surface area contributed by atoms with Gasteiger partial charge in [0, 0.05) is 5.38 Å². The van der Waals surface area contributed by atoms with E-state index in [-0.39, 0.29) is 24.7 Å². The minimum absolute atomic E-state index is 0.0866. The van der Waals surface area contributed by atoms with Crippen molar-refractivity contribution in [1.82, 2.24) is 5.32 Å². The molecule has 0 spiro atoms. The van der Waals surface area contributed by atoms with E-state index in [1.807, 2.05) is 6.92 Å². The van der Waals surface area contributed by atoms with Crippen LogP contribution < -0.4 is 15.8 Å². The highest BCUT2D eigenvalue weighted by Gasteiger charge is 2.14. The number of nitrogens with two attached hydrogens (primary N) is 1. The average Bonchev–Trinajstić information content (AvgIpc) is 3.07. The SMILES string of the molecule is COc1cc(C)cc(C(=O)NCCOC(=O)c2ccsc2)c1N. The molecule has 0 saturated heterocycles. The lowest BCUT2D eigenvalue weighted by Crippen LogP contribution is -2.28. The maximum atomic E-state index is 12.2. The van der Waals surface area contributed by atoms with Crippen LogP contribution in [0.15, 0.2) is 29.0 Å². The summed E-state index contributed by atoms with van der Waals surface area (Å²) in [5.74, 6) is -0.285. The third kappa shape index (κ3) is 4.23. The Hall–Kier alpha value is -2.54. The molecule has 0 unspecified atom stereocenters. The van der Waals surface area contributed by atoms with Gasteiger partial charge >= 0.3 is 5.97 Å². The molecule has 6 nitrogen and oxygen atoms in total. The minimum Gasteiger partial charge on any atom is -0.495 e. The first-order valence-corrected chi connectivity index (χ1v) is 7.89. The number of nitrogens with one attached hydrogen (secondary N) is 1. The van der Waals surface area contributed by atoms with E-state index in [4.69, 9.17) is 15.2 Å². The third-order valence-electron chi connectivity index (χ3n) is 3.13. The van der Waals surface area contributed by atoms with Crippen LogP contribution in [0.4, 0.5) is 5.69 Å². The van der Waals surface area contributed by atoms with Crippen LogP contribution in [0.2, 0.25) is 0 Å². The van der Waals surface area contributed by atoms with Crippen molar-refractivity contribution >= 4 is 28.9 Å². The molecule has 0 radical (unpaired) electrons. The van der Waals surface area contributed by atoms with Gasteiger partial charge in [0.25, 0.3) is 5.91 Å². The van der Waals surface area contributed by atoms with E-state index >= 15 is 0 Å². The predicted molar refractivity (Wildman–Crippen MR) is 89.1 cm³/mol. The lowest BCUT2D eigenvalue weighted by molar-refractivity contribution is 0.0504. The Kier molecular flexibility index (Phi) is 5.59. The van der Waals surface area contributed by atoms with Crippen molar-refractivity contribution < 1.29 is 19.1 Å². The molecule has 23 heavy (non-hydrogen) atoms. The molecule has 2 rings (SSSR count). The molecule has 3 N–H and O–H groups in total. The van der Waals surface area contributed by atoms with Gasteiger partial charge in [0.2, 0.25) is 0 Å². The zero-order valence-corrected chi connectivity index (χ0v) is 13.7. The topological polar surface area (TPSA) is 90.6 Å². The number of esters is 1. The van der Waals surface area contributed by atoms with Crippen molar-refractivity contribution in [3.63, 3.8) is 0 Å². The van der Waals surface area contributed by atoms with Crippen LogP contribution in [0.5, 0.6) is 5.75 Å². The highest BCUT2D eigenvalue weighted by Crippen LogP contribution is 2.26. The van der Waals surface area contributed by atoms with Gasteiger partial charge in [-0.1, -0.05) is 0 Å². The molecule has 0 atom stereocenters. The van der Waals surface area contributed by atoms with Gasteiger partial charge in [-0.25, -0.2) is 4.79 Å². The van der Waals surface area contributed by atoms with Gasteiger partial charge in [0.1, 0.15) is 12.4 Å². The minimum atomic E-state index is -0.405. The van der Waals surface area contributed by atoms with Gasteiger partial charge in [0.05, 0.1) is 30.5 Å². The second-order valence-electron chi connectivity index (χ2n) is 4.83.